The molecule has 2 heterocycles. The summed E-state index contributed by atoms with van der Waals surface area (Å²) >= 11 is 5.89. The van der Waals surface area contributed by atoms with E-state index in [9.17, 15) is 14.0 Å². The van der Waals surface area contributed by atoms with Gasteiger partial charge in [-0.25, -0.2) is 14.2 Å². The van der Waals surface area contributed by atoms with E-state index in [1.54, 1.807) is 12.1 Å². The summed E-state index contributed by atoms with van der Waals surface area (Å²) in [7, 11) is 0. The minimum absolute atomic E-state index is 0.0178. The van der Waals surface area contributed by atoms with Crippen molar-refractivity contribution in [2.24, 2.45) is 0 Å². The van der Waals surface area contributed by atoms with Crippen molar-refractivity contribution in [3.8, 4) is 17.2 Å². The summed E-state index contributed by atoms with van der Waals surface area (Å²) in [5.41, 5.74) is 0.605. The van der Waals surface area contributed by atoms with Gasteiger partial charge in [0.2, 0.25) is 5.91 Å². The topological polar surface area (TPSA) is 102 Å². The Morgan fingerprint density at radius 3 is 2.67 bits per heavy atom. The number of halogens is 2. The number of aliphatic hydroxyl groups excluding tert-OH is 1. The molecule has 0 aliphatic carbocycles. The van der Waals surface area contributed by atoms with Crippen LogP contribution < -0.4 is 11.0 Å². The number of aromatic nitrogens is 4. The van der Waals surface area contributed by atoms with E-state index in [1.165, 1.54) is 29.0 Å². The lowest BCUT2D eigenvalue weighted by Gasteiger charge is -2.10. The first kappa shape index (κ1) is 21.7. The zero-order chi connectivity index (χ0) is 21.8. The molecule has 1 amide bonds. The van der Waals surface area contributed by atoms with E-state index in [0.29, 0.717) is 12.0 Å². The van der Waals surface area contributed by atoms with Gasteiger partial charge in [-0.05, 0) is 50.1 Å². The summed E-state index contributed by atoms with van der Waals surface area (Å²) in [4.78, 5) is 29.6. The highest BCUT2D eigenvalue weighted by Crippen LogP contribution is 2.23. The van der Waals surface area contributed by atoms with Crippen molar-refractivity contribution in [1.82, 2.24) is 24.6 Å². The summed E-state index contributed by atoms with van der Waals surface area (Å²) in [5.74, 6) is -0.569. The van der Waals surface area contributed by atoms with Gasteiger partial charge in [0, 0.05) is 24.4 Å². The number of carbonyl (C=O) groups excluding carboxylic acids is 1. The lowest BCUT2D eigenvalue weighted by Crippen LogP contribution is -2.36. The number of benzene rings is 1. The maximum Gasteiger partial charge on any atom is 0.352 e. The molecule has 0 aliphatic heterocycles. The number of carbonyl (C=O) groups is 1. The maximum absolute atomic E-state index is 13.6. The van der Waals surface area contributed by atoms with Crippen LogP contribution in [0.5, 0.6) is 0 Å². The molecular formula is C20H21ClFN5O3. The van der Waals surface area contributed by atoms with Crippen LogP contribution in [-0.2, 0) is 17.8 Å². The number of nitrogens with one attached hydrogen (secondary N) is 1. The van der Waals surface area contributed by atoms with E-state index < -0.39 is 11.5 Å². The number of nitrogens with zero attached hydrogens (tertiary/aromatic N) is 4. The molecule has 158 valence electrons. The standard InChI is InChI=1S/C20H21ClFN5O3/c1-12(2)24-18(29)11-26-19(14-4-5-16(22)15(21)9-14)25-27(20(26)30)17-6-3-13(7-8-28)10-23-17/h3-6,9-10,12,28H,7-8,11H2,1-2H3,(H,24,29). The SMILES string of the molecule is CC(C)NC(=O)Cn1c(-c2ccc(F)c(Cl)c2)nn(-c2ccc(CCO)cn2)c1=O. The highest BCUT2D eigenvalue weighted by atomic mass is 35.5. The molecule has 0 saturated heterocycles. The number of amides is 1. The average molecular weight is 434 g/mol. The second-order valence-electron chi connectivity index (χ2n) is 6.95. The highest BCUT2D eigenvalue weighted by Gasteiger charge is 2.20. The molecule has 0 bridgehead atoms. The average Bonchev–Trinajstić information content (AvgIpc) is 3.01. The third-order valence-electron chi connectivity index (χ3n) is 4.22. The van der Waals surface area contributed by atoms with Crippen molar-refractivity contribution in [1.29, 1.82) is 0 Å². The molecule has 0 fully saturated rings. The molecule has 3 aromatic rings. The van der Waals surface area contributed by atoms with Crippen LogP contribution in [0.1, 0.15) is 19.4 Å². The molecule has 0 radical (unpaired) electrons. The molecule has 1 aromatic carbocycles. The van der Waals surface area contributed by atoms with Crippen molar-refractivity contribution in [3.63, 3.8) is 0 Å². The van der Waals surface area contributed by atoms with Gasteiger partial charge in [-0.2, -0.15) is 4.68 Å². The Morgan fingerprint density at radius 2 is 2.07 bits per heavy atom. The predicted molar refractivity (Wildman–Crippen MR) is 110 cm³/mol. The molecule has 0 atom stereocenters. The normalized spacial score (nSPS) is 11.1. The third kappa shape index (κ3) is 4.74. The number of hydrogen-bond donors (Lipinski definition) is 2. The van der Waals surface area contributed by atoms with Gasteiger partial charge in [-0.15, -0.1) is 5.10 Å². The van der Waals surface area contributed by atoms with Gasteiger partial charge in [0.25, 0.3) is 0 Å². The predicted octanol–water partition coefficient (Wildman–Crippen LogP) is 1.95. The van der Waals surface area contributed by atoms with Gasteiger partial charge in [0.05, 0.1) is 5.02 Å². The summed E-state index contributed by atoms with van der Waals surface area (Å²) in [6.45, 7) is 3.32. The molecule has 3 rings (SSSR count). The fourth-order valence-corrected chi connectivity index (χ4v) is 3.05. The minimum Gasteiger partial charge on any atom is -0.396 e. The van der Waals surface area contributed by atoms with Crippen molar-refractivity contribution in [3.05, 3.63) is 63.4 Å². The monoisotopic (exact) mass is 433 g/mol. The summed E-state index contributed by atoms with van der Waals surface area (Å²) < 4.78 is 15.9. The van der Waals surface area contributed by atoms with Crippen molar-refractivity contribution in [2.45, 2.75) is 32.9 Å². The van der Waals surface area contributed by atoms with Crippen LogP contribution in [0, 0.1) is 5.82 Å². The number of pyridine rings is 1. The van der Waals surface area contributed by atoms with Crippen LogP contribution in [-0.4, -0.2) is 43.0 Å². The van der Waals surface area contributed by atoms with Crippen LogP contribution in [0.3, 0.4) is 0 Å². The van der Waals surface area contributed by atoms with Gasteiger partial charge in [0.1, 0.15) is 12.4 Å². The smallest absolute Gasteiger partial charge is 0.352 e. The lowest BCUT2D eigenvalue weighted by molar-refractivity contribution is -0.122. The van der Waals surface area contributed by atoms with E-state index >= 15 is 0 Å². The van der Waals surface area contributed by atoms with E-state index in [0.717, 1.165) is 10.2 Å². The van der Waals surface area contributed by atoms with E-state index in [2.05, 4.69) is 15.4 Å². The van der Waals surface area contributed by atoms with Crippen molar-refractivity contribution >= 4 is 17.5 Å². The zero-order valence-electron chi connectivity index (χ0n) is 16.5. The molecule has 0 unspecified atom stereocenters. The number of aliphatic hydroxyl groups is 1. The lowest BCUT2D eigenvalue weighted by atomic mass is 10.2. The molecule has 0 saturated carbocycles. The van der Waals surface area contributed by atoms with E-state index in [1.807, 2.05) is 13.8 Å². The fourth-order valence-electron chi connectivity index (χ4n) is 2.87. The summed E-state index contributed by atoms with van der Waals surface area (Å²) in [6, 6.07) is 7.16. The van der Waals surface area contributed by atoms with Crippen molar-refractivity contribution < 1.29 is 14.3 Å². The Hall–Kier alpha value is -3.04. The van der Waals surface area contributed by atoms with Crippen molar-refractivity contribution in [2.75, 3.05) is 6.61 Å². The zero-order valence-corrected chi connectivity index (χ0v) is 17.2. The van der Waals surface area contributed by atoms with Gasteiger partial charge in [-0.1, -0.05) is 17.7 Å². The van der Waals surface area contributed by atoms with Gasteiger partial charge in [-0.3, -0.25) is 9.36 Å². The Morgan fingerprint density at radius 1 is 1.30 bits per heavy atom. The van der Waals surface area contributed by atoms with E-state index in [-0.39, 0.29) is 41.8 Å². The van der Waals surface area contributed by atoms with Gasteiger partial charge < -0.3 is 10.4 Å². The molecule has 8 nitrogen and oxygen atoms in total. The Kier molecular flexibility index (Phi) is 6.63. The quantitative estimate of drug-likeness (QED) is 0.593. The summed E-state index contributed by atoms with van der Waals surface area (Å²) in [6.07, 6.45) is 1.97. The summed E-state index contributed by atoms with van der Waals surface area (Å²) in [5, 5.41) is 16.0. The number of hydrogen-bond acceptors (Lipinski definition) is 5. The highest BCUT2D eigenvalue weighted by molar-refractivity contribution is 6.31. The Labute approximate surface area is 176 Å². The fraction of sp³-hybridized carbons (Fsp3) is 0.300. The third-order valence-corrected chi connectivity index (χ3v) is 4.51. The minimum atomic E-state index is -0.604. The first-order chi connectivity index (χ1) is 14.3. The molecule has 0 spiro atoms. The van der Waals surface area contributed by atoms with Gasteiger partial charge >= 0.3 is 5.69 Å². The second kappa shape index (κ2) is 9.19. The largest absolute Gasteiger partial charge is 0.396 e. The van der Waals surface area contributed by atoms with Crippen LogP contribution >= 0.6 is 11.6 Å². The molecular weight excluding hydrogens is 413 g/mol. The molecule has 30 heavy (non-hydrogen) atoms. The Balaban J connectivity index is 2.09. The van der Waals surface area contributed by atoms with E-state index in [4.69, 9.17) is 16.7 Å². The molecule has 10 heteroatoms. The number of rotatable bonds is 7. The van der Waals surface area contributed by atoms with Crippen LogP contribution in [0.15, 0.2) is 41.3 Å². The first-order valence-corrected chi connectivity index (χ1v) is 9.68. The first-order valence-electron chi connectivity index (χ1n) is 9.31. The van der Waals surface area contributed by atoms with Crippen LogP contribution in [0.2, 0.25) is 5.02 Å². The molecule has 0 aliphatic rings. The second-order valence-corrected chi connectivity index (χ2v) is 7.36. The Bertz CT molecular complexity index is 1110. The maximum atomic E-state index is 13.6. The molecule has 2 N–H and O–H groups in total. The van der Waals surface area contributed by atoms with Crippen LogP contribution in [0.25, 0.3) is 17.2 Å². The van der Waals surface area contributed by atoms with Gasteiger partial charge in [0.15, 0.2) is 11.6 Å². The van der Waals surface area contributed by atoms with Crippen LogP contribution in [0.4, 0.5) is 4.39 Å². The molecule has 2 aromatic heterocycles.